The average Bonchev–Trinajstić information content (AvgIpc) is 2.32. The van der Waals surface area contributed by atoms with Crippen LogP contribution in [0.15, 0.2) is 18.2 Å². The van der Waals surface area contributed by atoms with E-state index in [1.807, 2.05) is 0 Å². The summed E-state index contributed by atoms with van der Waals surface area (Å²) in [5, 5.41) is 11.9. The summed E-state index contributed by atoms with van der Waals surface area (Å²) in [5.74, 6) is -1.40. The number of carbonyl (C=O) groups excluding carboxylic acids is 1. The molecule has 0 aromatic heterocycles. The highest BCUT2D eigenvalue weighted by atomic mass is 19.1. The molecule has 1 amide bonds. The summed E-state index contributed by atoms with van der Waals surface area (Å²) in [6.45, 7) is 0. The maximum atomic E-state index is 13.5. The summed E-state index contributed by atoms with van der Waals surface area (Å²) in [6.07, 6.45) is 3.80. The lowest BCUT2D eigenvalue weighted by Gasteiger charge is -2.29. The van der Waals surface area contributed by atoms with Gasteiger partial charge in [0.1, 0.15) is 11.6 Å². The highest BCUT2D eigenvalue weighted by molar-refractivity contribution is 5.94. The number of aromatic hydroxyl groups is 1. The Labute approximate surface area is 105 Å². The minimum atomic E-state index is -0.725. The number of rotatable bonds is 2. The number of halogens is 1. The minimum absolute atomic E-state index is 0.0643. The normalized spacial score (nSPS) is 23.7. The first-order valence-electron chi connectivity index (χ1n) is 6.13. The van der Waals surface area contributed by atoms with E-state index in [1.54, 1.807) is 0 Å². The molecular weight excluding hydrogens is 235 g/mol. The van der Waals surface area contributed by atoms with Crippen molar-refractivity contribution in [3.63, 3.8) is 0 Å². The van der Waals surface area contributed by atoms with Gasteiger partial charge in [0.05, 0.1) is 5.56 Å². The number of hydrogen-bond acceptors (Lipinski definition) is 3. The van der Waals surface area contributed by atoms with Gasteiger partial charge in [-0.2, -0.15) is 0 Å². The Balaban J connectivity index is 2.07. The van der Waals surface area contributed by atoms with Gasteiger partial charge < -0.3 is 16.2 Å². The summed E-state index contributed by atoms with van der Waals surface area (Å²) in [5.41, 5.74) is 5.85. The molecule has 0 saturated heterocycles. The molecule has 2 rings (SSSR count). The molecule has 1 aliphatic carbocycles. The van der Waals surface area contributed by atoms with Crippen molar-refractivity contribution in [2.45, 2.75) is 37.8 Å². The third-order valence-electron chi connectivity index (χ3n) is 3.33. The van der Waals surface area contributed by atoms with Gasteiger partial charge in [0, 0.05) is 18.2 Å². The molecule has 1 aliphatic rings. The number of hydrogen-bond donors (Lipinski definition) is 3. The molecule has 4 N–H and O–H groups in total. The first kappa shape index (κ1) is 12.8. The lowest BCUT2D eigenvalue weighted by atomic mass is 9.91. The zero-order valence-corrected chi connectivity index (χ0v) is 10.0. The molecule has 1 saturated carbocycles. The predicted molar refractivity (Wildman–Crippen MR) is 65.8 cm³/mol. The van der Waals surface area contributed by atoms with Crippen LogP contribution < -0.4 is 11.1 Å². The van der Waals surface area contributed by atoms with Crippen LogP contribution in [-0.2, 0) is 0 Å². The molecule has 0 bridgehead atoms. The van der Waals surface area contributed by atoms with Gasteiger partial charge in [0.2, 0.25) is 0 Å². The van der Waals surface area contributed by atoms with E-state index in [9.17, 15) is 9.18 Å². The molecule has 0 spiro atoms. The van der Waals surface area contributed by atoms with E-state index < -0.39 is 11.7 Å². The third kappa shape index (κ3) is 2.79. The predicted octanol–water partition coefficient (Wildman–Crippen LogP) is 1.53. The molecule has 18 heavy (non-hydrogen) atoms. The number of carbonyl (C=O) groups is 1. The number of nitrogens with one attached hydrogen (secondary N) is 1. The number of phenols is 1. The molecule has 0 aliphatic heterocycles. The number of amides is 1. The van der Waals surface area contributed by atoms with Crippen molar-refractivity contribution in [1.29, 1.82) is 0 Å². The van der Waals surface area contributed by atoms with E-state index in [1.165, 1.54) is 12.1 Å². The van der Waals surface area contributed by atoms with Crippen LogP contribution in [0.4, 0.5) is 4.39 Å². The van der Waals surface area contributed by atoms with E-state index in [2.05, 4.69) is 5.32 Å². The van der Waals surface area contributed by atoms with Crippen LogP contribution in [0.3, 0.4) is 0 Å². The van der Waals surface area contributed by atoms with Crippen LogP contribution in [0.2, 0.25) is 0 Å². The fourth-order valence-electron chi connectivity index (χ4n) is 2.27. The quantitative estimate of drug-likeness (QED) is 0.747. The van der Waals surface area contributed by atoms with Crippen LogP contribution >= 0.6 is 0 Å². The van der Waals surface area contributed by atoms with Crippen molar-refractivity contribution < 1.29 is 14.3 Å². The highest BCUT2D eigenvalue weighted by Gasteiger charge is 2.24. The first-order valence-corrected chi connectivity index (χ1v) is 6.13. The van der Waals surface area contributed by atoms with Crippen molar-refractivity contribution in [3.8, 4) is 5.75 Å². The molecule has 2 atom stereocenters. The van der Waals surface area contributed by atoms with Crippen molar-refractivity contribution in [2.75, 3.05) is 0 Å². The van der Waals surface area contributed by atoms with Crippen LogP contribution in [0.25, 0.3) is 0 Å². The molecule has 1 aromatic rings. The first-order chi connectivity index (χ1) is 8.58. The lowest BCUT2D eigenvalue weighted by Crippen LogP contribution is -2.49. The van der Waals surface area contributed by atoms with Crippen LogP contribution in [0.5, 0.6) is 5.75 Å². The molecule has 1 aromatic carbocycles. The zero-order chi connectivity index (χ0) is 13.1. The molecule has 1 fully saturated rings. The Hall–Kier alpha value is -1.62. The van der Waals surface area contributed by atoms with Gasteiger partial charge >= 0.3 is 0 Å². The fraction of sp³-hybridized carbons (Fsp3) is 0.462. The molecular formula is C13H17FN2O2. The van der Waals surface area contributed by atoms with Crippen LogP contribution in [0, 0.1) is 5.82 Å². The van der Waals surface area contributed by atoms with Gasteiger partial charge in [-0.3, -0.25) is 4.79 Å². The summed E-state index contributed by atoms with van der Waals surface area (Å²) >= 11 is 0. The lowest BCUT2D eigenvalue weighted by molar-refractivity contribution is 0.0917. The number of benzene rings is 1. The van der Waals surface area contributed by atoms with E-state index in [0.717, 1.165) is 31.7 Å². The second-order valence-corrected chi connectivity index (χ2v) is 4.69. The summed E-state index contributed by atoms with van der Waals surface area (Å²) in [6, 6.07) is 3.32. The van der Waals surface area contributed by atoms with Gasteiger partial charge in [-0.05, 0) is 25.0 Å². The van der Waals surface area contributed by atoms with E-state index in [-0.39, 0.29) is 23.4 Å². The average molecular weight is 252 g/mol. The topological polar surface area (TPSA) is 75.3 Å². The van der Waals surface area contributed by atoms with Gasteiger partial charge in [-0.25, -0.2) is 4.39 Å². The molecule has 5 heteroatoms. The maximum absolute atomic E-state index is 13.5. The molecule has 0 heterocycles. The SMILES string of the molecule is N[C@@H]1CCCC[C@H]1NC(=O)c1ccc(O)cc1F. The second-order valence-electron chi connectivity index (χ2n) is 4.69. The Morgan fingerprint density at radius 1 is 1.39 bits per heavy atom. The van der Waals surface area contributed by atoms with E-state index >= 15 is 0 Å². The van der Waals surface area contributed by atoms with E-state index in [4.69, 9.17) is 10.8 Å². The zero-order valence-electron chi connectivity index (χ0n) is 10.0. The highest BCUT2D eigenvalue weighted by Crippen LogP contribution is 2.19. The monoisotopic (exact) mass is 252 g/mol. The smallest absolute Gasteiger partial charge is 0.254 e. The third-order valence-corrected chi connectivity index (χ3v) is 3.33. The fourth-order valence-corrected chi connectivity index (χ4v) is 2.27. The number of nitrogens with two attached hydrogens (primary N) is 1. The van der Waals surface area contributed by atoms with Gasteiger partial charge in [0.15, 0.2) is 0 Å². The number of phenolic OH excluding ortho intramolecular Hbond substituents is 1. The van der Waals surface area contributed by atoms with E-state index in [0.29, 0.717) is 0 Å². The second kappa shape index (κ2) is 5.35. The maximum Gasteiger partial charge on any atom is 0.254 e. The van der Waals surface area contributed by atoms with Gasteiger partial charge in [0.25, 0.3) is 5.91 Å². The molecule has 0 unspecified atom stereocenters. The Bertz CT molecular complexity index is 451. The Kier molecular flexibility index (Phi) is 3.81. The minimum Gasteiger partial charge on any atom is -0.508 e. The Morgan fingerprint density at radius 3 is 2.78 bits per heavy atom. The van der Waals surface area contributed by atoms with Gasteiger partial charge in [-0.1, -0.05) is 12.8 Å². The van der Waals surface area contributed by atoms with Crippen LogP contribution in [-0.4, -0.2) is 23.1 Å². The summed E-state index contributed by atoms with van der Waals surface area (Å²) < 4.78 is 13.5. The summed E-state index contributed by atoms with van der Waals surface area (Å²) in [7, 11) is 0. The largest absolute Gasteiger partial charge is 0.508 e. The molecule has 0 radical (unpaired) electrons. The molecule has 98 valence electrons. The van der Waals surface area contributed by atoms with Gasteiger partial charge in [-0.15, -0.1) is 0 Å². The van der Waals surface area contributed by atoms with Crippen molar-refractivity contribution >= 4 is 5.91 Å². The molecule has 4 nitrogen and oxygen atoms in total. The standard InChI is InChI=1S/C13H17FN2O2/c14-10-7-8(17)5-6-9(10)13(18)16-12-4-2-1-3-11(12)15/h5-7,11-12,17H,1-4,15H2,(H,16,18)/t11-,12-/m1/s1. The Morgan fingerprint density at radius 2 is 2.11 bits per heavy atom. The van der Waals surface area contributed by atoms with Crippen molar-refractivity contribution in [3.05, 3.63) is 29.6 Å². The van der Waals surface area contributed by atoms with Crippen molar-refractivity contribution in [1.82, 2.24) is 5.32 Å². The summed E-state index contributed by atoms with van der Waals surface area (Å²) in [4.78, 5) is 11.9. The van der Waals surface area contributed by atoms with Crippen LogP contribution in [0.1, 0.15) is 36.0 Å². The van der Waals surface area contributed by atoms with Crippen molar-refractivity contribution in [2.24, 2.45) is 5.73 Å².